The quantitative estimate of drug-likeness (QED) is 0.505. The highest BCUT2D eigenvalue weighted by atomic mass is 32.1. The summed E-state index contributed by atoms with van der Waals surface area (Å²) < 4.78 is 2.02. The van der Waals surface area contributed by atoms with Crippen LogP contribution in [0.5, 0.6) is 0 Å². The summed E-state index contributed by atoms with van der Waals surface area (Å²) in [5, 5.41) is 19.4. The van der Waals surface area contributed by atoms with Gasteiger partial charge in [0.1, 0.15) is 5.82 Å². The van der Waals surface area contributed by atoms with E-state index < -0.39 is 0 Å². The van der Waals surface area contributed by atoms with Crippen molar-refractivity contribution in [2.45, 2.75) is 26.2 Å². The molecule has 0 radical (unpaired) electrons. The second-order valence-electron chi connectivity index (χ2n) is 5.90. The number of aromatic nitrogens is 3. The van der Waals surface area contributed by atoms with Crippen LogP contribution in [0.15, 0.2) is 46.2 Å². The van der Waals surface area contributed by atoms with Gasteiger partial charge in [-0.3, -0.25) is 9.39 Å². The Bertz CT molecular complexity index is 808. The summed E-state index contributed by atoms with van der Waals surface area (Å²) in [4.78, 5) is 4.71. The zero-order chi connectivity index (χ0) is 17.5. The zero-order valence-corrected chi connectivity index (χ0v) is 15.5. The molecular formula is C18H24N6S. The van der Waals surface area contributed by atoms with Gasteiger partial charge in [0, 0.05) is 38.2 Å². The molecule has 0 amide bonds. The number of rotatable bonds is 7. The average molecular weight is 356 g/mol. The number of fused-ring (bicyclic) bond motifs is 1. The molecular weight excluding hydrogens is 332 g/mol. The van der Waals surface area contributed by atoms with Crippen LogP contribution >= 0.6 is 11.3 Å². The molecule has 132 valence electrons. The van der Waals surface area contributed by atoms with Crippen molar-refractivity contribution >= 4 is 22.9 Å². The van der Waals surface area contributed by atoms with E-state index in [9.17, 15) is 0 Å². The standard InChI is InChI=1S/C18H24N6S/c1-3-19-18(21-12-14(2)15-8-11-25-13-15)20-9-7-17-23-22-16-6-4-5-10-24(16)17/h4-6,8,10-11,13-14H,3,7,9,12H2,1-2H3,(H2,19,20,21). The van der Waals surface area contributed by atoms with Gasteiger partial charge < -0.3 is 10.6 Å². The number of hydrogen-bond acceptors (Lipinski definition) is 4. The van der Waals surface area contributed by atoms with Crippen LogP contribution < -0.4 is 10.6 Å². The predicted octanol–water partition coefficient (Wildman–Crippen LogP) is 2.69. The van der Waals surface area contributed by atoms with Gasteiger partial charge >= 0.3 is 0 Å². The van der Waals surface area contributed by atoms with E-state index in [1.165, 1.54) is 5.56 Å². The Morgan fingerprint density at radius 1 is 1.28 bits per heavy atom. The van der Waals surface area contributed by atoms with Gasteiger partial charge in [0.2, 0.25) is 0 Å². The van der Waals surface area contributed by atoms with Crippen molar-refractivity contribution in [1.29, 1.82) is 0 Å². The van der Waals surface area contributed by atoms with Crippen molar-refractivity contribution < 1.29 is 0 Å². The summed E-state index contributed by atoms with van der Waals surface area (Å²) in [7, 11) is 0. The fourth-order valence-corrected chi connectivity index (χ4v) is 3.37. The van der Waals surface area contributed by atoms with E-state index in [-0.39, 0.29) is 0 Å². The molecule has 0 aromatic carbocycles. The highest BCUT2D eigenvalue weighted by Crippen LogP contribution is 2.18. The van der Waals surface area contributed by atoms with E-state index in [0.29, 0.717) is 5.92 Å². The Morgan fingerprint density at radius 3 is 3.00 bits per heavy atom. The molecule has 0 aliphatic heterocycles. The van der Waals surface area contributed by atoms with Crippen LogP contribution in [0.25, 0.3) is 5.65 Å². The third-order valence-corrected chi connectivity index (χ3v) is 4.71. The molecule has 3 aromatic rings. The fraction of sp³-hybridized carbons (Fsp3) is 0.389. The largest absolute Gasteiger partial charge is 0.357 e. The summed E-state index contributed by atoms with van der Waals surface area (Å²) in [6.45, 7) is 6.64. The molecule has 0 saturated heterocycles. The molecule has 3 heterocycles. The monoisotopic (exact) mass is 356 g/mol. The van der Waals surface area contributed by atoms with Crippen LogP contribution in [0, 0.1) is 0 Å². The Kier molecular flexibility index (Phi) is 6.00. The van der Waals surface area contributed by atoms with Crippen LogP contribution in [0.4, 0.5) is 0 Å². The normalized spacial score (nSPS) is 13.1. The van der Waals surface area contributed by atoms with Crippen molar-refractivity contribution in [3.63, 3.8) is 0 Å². The first kappa shape index (κ1) is 17.4. The van der Waals surface area contributed by atoms with Gasteiger partial charge in [-0.05, 0) is 41.4 Å². The maximum Gasteiger partial charge on any atom is 0.191 e. The molecule has 0 aliphatic rings. The molecule has 2 N–H and O–H groups in total. The van der Waals surface area contributed by atoms with Crippen LogP contribution in [-0.4, -0.2) is 40.2 Å². The van der Waals surface area contributed by atoms with Gasteiger partial charge in [-0.25, -0.2) is 0 Å². The van der Waals surface area contributed by atoms with Crippen LogP contribution in [-0.2, 0) is 6.42 Å². The Labute approximate surface area is 152 Å². The molecule has 1 atom stereocenters. The molecule has 25 heavy (non-hydrogen) atoms. The minimum atomic E-state index is 0.419. The Morgan fingerprint density at radius 2 is 2.20 bits per heavy atom. The van der Waals surface area contributed by atoms with Gasteiger partial charge in [-0.2, -0.15) is 11.3 Å². The number of hydrogen-bond donors (Lipinski definition) is 2. The topological polar surface area (TPSA) is 66.6 Å². The molecule has 0 bridgehead atoms. The molecule has 0 aliphatic carbocycles. The maximum absolute atomic E-state index is 4.71. The number of nitrogens with zero attached hydrogens (tertiary/aromatic N) is 4. The van der Waals surface area contributed by atoms with Gasteiger partial charge in [0.05, 0.1) is 0 Å². The molecule has 0 saturated carbocycles. The predicted molar refractivity (Wildman–Crippen MR) is 103 cm³/mol. The lowest BCUT2D eigenvalue weighted by molar-refractivity contribution is 0.736. The van der Waals surface area contributed by atoms with Gasteiger partial charge in [-0.15, -0.1) is 10.2 Å². The molecule has 1 unspecified atom stereocenters. The number of nitrogens with one attached hydrogen (secondary N) is 2. The fourth-order valence-electron chi connectivity index (χ4n) is 2.58. The molecule has 0 fully saturated rings. The van der Waals surface area contributed by atoms with Crippen LogP contribution in [0.2, 0.25) is 0 Å². The van der Waals surface area contributed by atoms with Gasteiger partial charge in [-0.1, -0.05) is 13.0 Å². The SMILES string of the molecule is CCNC(=NCC(C)c1ccsc1)NCCc1nnc2ccccn12. The number of thiophene rings is 1. The number of aliphatic imine (C=N–C) groups is 1. The maximum atomic E-state index is 4.71. The average Bonchev–Trinajstić information content (AvgIpc) is 3.30. The lowest BCUT2D eigenvalue weighted by Crippen LogP contribution is -2.38. The first-order chi connectivity index (χ1) is 12.3. The van der Waals surface area contributed by atoms with E-state index in [1.54, 1.807) is 11.3 Å². The highest BCUT2D eigenvalue weighted by Gasteiger charge is 2.07. The second kappa shape index (κ2) is 8.62. The van der Waals surface area contributed by atoms with E-state index >= 15 is 0 Å². The van der Waals surface area contributed by atoms with Crippen molar-refractivity contribution in [3.05, 3.63) is 52.6 Å². The second-order valence-corrected chi connectivity index (χ2v) is 6.68. The van der Waals surface area contributed by atoms with Gasteiger partial charge in [0.25, 0.3) is 0 Å². The van der Waals surface area contributed by atoms with Crippen molar-refractivity contribution in [1.82, 2.24) is 25.2 Å². The summed E-state index contributed by atoms with van der Waals surface area (Å²) in [5.41, 5.74) is 2.22. The van der Waals surface area contributed by atoms with E-state index in [2.05, 4.69) is 51.5 Å². The zero-order valence-electron chi connectivity index (χ0n) is 14.6. The summed E-state index contributed by atoms with van der Waals surface area (Å²) in [6.07, 6.45) is 2.78. The van der Waals surface area contributed by atoms with E-state index in [1.807, 2.05) is 28.8 Å². The third kappa shape index (κ3) is 4.57. The van der Waals surface area contributed by atoms with Crippen LogP contribution in [0.1, 0.15) is 31.2 Å². The molecule has 3 aromatic heterocycles. The molecule has 6 nitrogen and oxygen atoms in total. The third-order valence-electron chi connectivity index (χ3n) is 4.01. The molecule has 7 heteroatoms. The smallest absolute Gasteiger partial charge is 0.191 e. The summed E-state index contributed by atoms with van der Waals surface area (Å²) in [5.74, 6) is 2.21. The minimum Gasteiger partial charge on any atom is -0.357 e. The summed E-state index contributed by atoms with van der Waals surface area (Å²) in [6, 6.07) is 8.09. The summed E-state index contributed by atoms with van der Waals surface area (Å²) >= 11 is 1.73. The van der Waals surface area contributed by atoms with Crippen molar-refractivity contribution in [3.8, 4) is 0 Å². The highest BCUT2D eigenvalue weighted by molar-refractivity contribution is 7.07. The first-order valence-electron chi connectivity index (χ1n) is 8.61. The molecule has 3 rings (SSSR count). The lowest BCUT2D eigenvalue weighted by Gasteiger charge is -2.12. The Balaban J connectivity index is 1.55. The minimum absolute atomic E-state index is 0.419. The first-order valence-corrected chi connectivity index (χ1v) is 9.55. The van der Waals surface area contributed by atoms with Crippen LogP contribution in [0.3, 0.4) is 0 Å². The number of guanidine groups is 1. The van der Waals surface area contributed by atoms with Crippen molar-refractivity contribution in [2.75, 3.05) is 19.6 Å². The lowest BCUT2D eigenvalue weighted by atomic mass is 10.1. The van der Waals surface area contributed by atoms with E-state index in [0.717, 1.165) is 43.5 Å². The Hall–Kier alpha value is -2.41. The molecule has 0 spiro atoms. The van der Waals surface area contributed by atoms with Gasteiger partial charge in [0.15, 0.2) is 11.6 Å². The number of pyridine rings is 1. The van der Waals surface area contributed by atoms with E-state index in [4.69, 9.17) is 4.99 Å². The van der Waals surface area contributed by atoms with Crippen molar-refractivity contribution in [2.24, 2.45) is 4.99 Å².